The summed E-state index contributed by atoms with van der Waals surface area (Å²) in [4.78, 5) is 14.3. The monoisotopic (exact) mass is 441 g/mol. The summed E-state index contributed by atoms with van der Waals surface area (Å²) in [6, 6.07) is 4.00. The Morgan fingerprint density at radius 2 is 1.81 bits per heavy atom. The van der Waals surface area contributed by atoms with Gasteiger partial charge in [-0.05, 0) is 68.6 Å². The van der Waals surface area contributed by atoms with Gasteiger partial charge in [0.2, 0.25) is 0 Å². The van der Waals surface area contributed by atoms with Gasteiger partial charge in [-0.1, -0.05) is 36.7 Å². The van der Waals surface area contributed by atoms with Crippen LogP contribution in [-0.4, -0.2) is 26.6 Å². The van der Waals surface area contributed by atoms with E-state index in [9.17, 15) is 4.79 Å². The van der Waals surface area contributed by atoms with Gasteiger partial charge in [0.05, 0.1) is 12.3 Å². The number of amides is 1. The second-order valence-corrected chi connectivity index (χ2v) is 15.1. The molecule has 26 heavy (non-hydrogen) atoms. The number of hydrogen-bond donors (Lipinski definition) is 0. The fourth-order valence-electron chi connectivity index (χ4n) is 2.66. The van der Waals surface area contributed by atoms with Crippen molar-refractivity contribution in [3.05, 3.63) is 27.7 Å². The molecule has 4 nitrogen and oxygen atoms in total. The molecule has 1 aromatic rings. The summed E-state index contributed by atoms with van der Waals surface area (Å²) in [5.74, 6) is 0. The van der Waals surface area contributed by atoms with E-state index in [0.717, 1.165) is 22.1 Å². The highest BCUT2D eigenvalue weighted by Crippen LogP contribution is 2.40. The molecule has 0 saturated carbocycles. The lowest BCUT2D eigenvalue weighted by molar-refractivity contribution is 0.0584. The first kappa shape index (κ1) is 21.4. The van der Waals surface area contributed by atoms with Crippen molar-refractivity contribution in [2.24, 2.45) is 0 Å². The summed E-state index contributed by atoms with van der Waals surface area (Å²) >= 11 is 3.67. The molecule has 1 aromatic carbocycles. The molecule has 0 unspecified atom stereocenters. The lowest BCUT2D eigenvalue weighted by Gasteiger charge is -2.36. The molecular formula is C20H32BrNO3Si. The van der Waals surface area contributed by atoms with Gasteiger partial charge in [0.25, 0.3) is 0 Å². The molecule has 0 atom stereocenters. The van der Waals surface area contributed by atoms with E-state index in [-0.39, 0.29) is 11.1 Å². The van der Waals surface area contributed by atoms with E-state index in [1.807, 2.05) is 32.9 Å². The van der Waals surface area contributed by atoms with E-state index in [1.54, 1.807) is 4.90 Å². The number of benzene rings is 1. The van der Waals surface area contributed by atoms with Crippen LogP contribution in [0.25, 0.3) is 0 Å². The van der Waals surface area contributed by atoms with Gasteiger partial charge >= 0.3 is 6.09 Å². The number of halogens is 1. The smallest absolute Gasteiger partial charge is 0.414 e. The Hall–Kier alpha value is -0.853. The predicted molar refractivity (Wildman–Crippen MR) is 113 cm³/mol. The van der Waals surface area contributed by atoms with Crippen LogP contribution < -0.4 is 4.90 Å². The summed E-state index contributed by atoms with van der Waals surface area (Å²) in [5, 5.41) is 0.167. The molecule has 0 spiro atoms. The topological polar surface area (TPSA) is 38.8 Å². The van der Waals surface area contributed by atoms with Crippen molar-refractivity contribution in [3.63, 3.8) is 0 Å². The van der Waals surface area contributed by atoms with Gasteiger partial charge in [-0.15, -0.1) is 0 Å². The van der Waals surface area contributed by atoms with Crippen molar-refractivity contribution < 1.29 is 14.0 Å². The van der Waals surface area contributed by atoms with Gasteiger partial charge in [0, 0.05) is 11.0 Å². The molecule has 6 heteroatoms. The highest BCUT2D eigenvalue weighted by Gasteiger charge is 2.38. The molecule has 0 bridgehead atoms. The predicted octanol–water partition coefficient (Wildman–Crippen LogP) is 6.27. The standard InChI is InChI=1S/C20H32BrNO3Si/c1-19(2,3)25-18(23)22-12-11-14-15(16(21)9-10-17(14)22)13-24-26(7,8)20(4,5)6/h9-10H,11-13H2,1-8H3. The van der Waals surface area contributed by atoms with Crippen LogP contribution in [0.15, 0.2) is 16.6 Å². The van der Waals surface area contributed by atoms with Crippen LogP contribution in [0, 0.1) is 0 Å². The van der Waals surface area contributed by atoms with Crippen LogP contribution in [0.3, 0.4) is 0 Å². The van der Waals surface area contributed by atoms with Crippen molar-refractivity contribution in [1.82, 2.24) is 0 Å². The average molecular weight is 442 g/mol. The minimum atomic E-state index is -1.84. The number of nitrogens with zero attached hydrogens (tertiary/aromatic N) is 1. The second-order valence-electron chi connectivity index (χ2n) is 9.45. The van der Waals surface area contributed by atoms with Crippen molar-refractivity contribution in [3.8, 4) is 0 Å². The molecular weight excluding hydrogens is 410 g/mol. The summed E-state index contributed by atoms with van der Waals surface area (Å²) in [6.07, 6.45) is 0.541. The SMILES string of the molecule is CC(C)(C)OC(=O)N1CCc2c1ccc(Br)c2CO[Si](C)(C)C(C)(C)C. The third-order valence-corrected chi connectivity index (χ3v) is 10.4. The summed E-state index contributed by atoms with van der Waals surface area (Å²) in [7, 11) is -1.84. The van der Waals surface area contributed by atoms with Gasteiger partial charge < -0.3 is 9.16 Å². The van der Waals surface area contributed by atoms with Crippen LogP contribution in [0.2, 0.25) is 18.1 Å². The molecule has 1 heterocycles. The fourth-order valence-corrected chi connectivity index (χ4v) is 4.08. The normalized spacial score (nSPS) is 15.2. The van der Waals surface area contributed by atoms with Crippen LogP contribution in [0.4, 0.5) is 10.5 Å². The molecule has 146 valence electrons. The maximum atomic E-state index is 12.5. The van der Waals surface area contributed by atoms with Gasteiger partial charge in [-0.2, -0.15) is 0 Å². The van der Waals surface area contributed by atoms with E-state index in [4.69, 9.17) is 9.16 Å². The maximum absolute atomic E-state index is 12.5. The number of rotatable bonds is 3. The zero-order valence-corrected chi connectivity index (χ0v) is 19.9. The summed E-state index contributed by atoms with van der Waals surface area (Å²) < 4.78 is 13.0. The van der Waals surface area contributed by atoms with Crippen molar-refractivity contribution >= 4 is 36.0 Å². The van der Waals surface area contributed by atoms with Crippen LogP contribution >= 0.6 is 15.9 Å². The van der Waals surface area contributed by atoms with Crippen molar-refractivity contribution in [2.75, 3.05) is 11.4 Å². The van der Waals surface area contributed by atoms with E-state index in [0.29, 0.717) is 13.2 Å². The van der Waals surface area contributed by atoms with E-state index < -0.39 is 13.9 Å². The minimum absolute atomic E-state index is 0.167. The van der Waals surface area contributed by atoms with Crippen molar-refractivity contribution in [1.29, 1.82) is 0 Å². The third-order valence-electron chi connectivity index (χ3n) is 5.22. The maximum Gasteiger partial charge on any atom is 0.414 e. The molecule has 1 aliphatic heterocycles. The lowest BCUT2D eigenvalue weighted by Crippen LogP contribution is -2.40. The molecule has 2 rings (SSSR count). The molecule has 0 aromatic heterocycles. The fraction of sp³-hybridized carbons (Fsp3) is 0.650. The lowest BCUT2D eigenvalue weighted by atomic mass is 10.1. The van der Waals surface area contributed by atoms with Gasteiger partial charge in [0.15, 0.2) is 8.32 Å². The Labute approximate surface area is 167 Å². The van der Waals surface area contributed by atoms with Crippen LogP contribution in [-0.2, 0) is 22.2 Å². The Morgan fingerprint density at radius 1 is 1.19 bits per heavy atom. The highest BCUT2D eigenvalue weighted by atomic mass is 79.9. The third kappa shape index (κ3) is 4.70. The number of ether oxygens (including phenoxy) is 1. The van der Waals surface area contributed by atoms with Gasteiger partial charge in [0.1, 0.15) is 5.60 Å². The van der Waals surface area contributed by atoms with Crippen LogP contribution in [0.1, 0.15) is 52.7 Å². The zero-order valence-electron chi connectivity index (χ0n) is 17.3. The second kappa shape index (κ2) is 7.28. The first-order chi connectivity index (χ1) is 11.7. The number of carbonyl (C=O) groups excluding carboxylic acids is 1. The van der Waals surface area contributed by atoms with E-state index in [1.165, 1.54) is 5.56 Å². The van der Waals surface area contributed by atoms with Gasteiger partial charge in [-0.25, -0.2) is 4.79 Å². The zero-order chi connectivity index (χ0) is 19.9. The Bertz CT molecular complexity index is 690. The number of carbonyl (C=O) groups is 1. The average Bonchev–Trinajstić information content (AvgIpc) is 2.87. The largest absolute Gasteiger partial charge is 0.443 e. The molecule has 0 radical (unpaired) electrons. The molecule has 0 fully saturated rings. The molecule has 0 aliphatic carbocycles. The molecule has 0 saturated heterocycles. The summed E-state index contributed by atoms with van der Waals surface area (Å²) in [6.45, 7) is 18.1. The first-order valence-electron chi connectivity index (χ1n) is 9.18. The number of anilines is 1. The Morgan fingerprint density at radius 3 is 2.35 bits per heavy atom. The van der Waals surface area contributed by atoms with Gasteiger partial charge in [-0.3, -0.25) is 4.90 Å². The number of fused-ring (bicyclic) bond motifs is 1. The summed E-state index contributed by atoms with van der Waals surface area (Å²) in [5.41, 5.74) is 2.78. The molecule has 1 amide bonds. The molecule has 1 aliphatic rings. The Kier molecular flexibility index (Phi) is 6.01. The minimum Gasteiger partial charge on any atom is -0.443 e. The molecule has 0 N–H and O–H groups in total. The van der Waals surface area contributed by atoms with Crippen molar-refractivity contribution in [2.45, 2.75) is 78.3 Å². The quantitative estimate of drug-likeness (QED) is 0.518. The van der Waals surface area contributed by atoms with Crippen LogP contribution in [0.5, 0.6) is 0 Å². The Balaban J connectivity index is 2.26. The highest BCUT2D eigenvalue weighted by molar-refractivity contribution is 9.10. The van der Waals surface area contributed by atoms with E-state index in [2.05, 4.69) is 49.8 Å². The van der Waals surface area contributed by atoms with E-state index >= 15 is 0 Å². The first-order valence-corrected chi connectivity index (χ1v) is 12.9. The number of hydrogen-bond acceptors (Lipinski definition) is 3.